The molecule has 2 atom stereocenters. The highest BCUT2D eigenvalue weighted by Gasteiger charge is 2.55. The average molecular weight is 716 g/mol. The van der Waals surface area contributed by atoms with Gasteiger partial charge in [0.1, 0.15) is 17.8 Å². The second kappa shape index (κ2) is 14.0. The van der Waals surface area contributed by atoms with Gasteiger partial charge in [-0.05, 0) is 49.7 Å². The summed E-state index contributed by atoms with van der Waals surface area (Å²) in [6.45, 7) is 1.24. The lowest BCUT2D eigenvalue weighted by Crippen LogP contribution is -2.60. The van der Waals surface area contributed by atoms with Crippen LogP contribution in [0.15, 0.2) is 84.5 Å². The number of sulfonamides is 1. The molecule has 1 saturated carbocycles. The lowest BCUT2D eigenvalue weighted by molar-refractivity contribution is -0.163. The first-order valence-corrected chi connectivity index (χ1v) is 18.8. The number of hydrogen-bond acceptors (Lipinski definition) is 10. The van der Waals surface area contributed by atoms with E-state index < -0.39 is 44.9 Å². The summed E-state index contributed by atoms with van der Waals surface area (Å²) < 4.78 is 35.4. The minimum atomic E-state index is -3.77. The molecule has 3 aliphatic rings. The molecular weight excluding hydrogens is 679 g/mol. The van der Waals surface area contributed by atoms with E-state index in [0.717, 1.165) is 5.56 Å². The Morgan fingerprint density at radius 2 is 1.72 bits per heavy atom. The molecule has 4 aromatic rings. The Morgan fingerprint density at radius 1 is 0.980 bits per heavy atom. The molecule has 15 heteroatoms. The van der Waals surface area contributed by atoms with Gasteiger partial charge in [-0.15, -0.1) is 11.3 Å². The third kappa shape index (κ3) is 7.18. The highest BCUT2D eigenvalue weighted by molar-refractivity contribution is 7.90. The maximum atomic E-state index is 14.6. The summed E-state index contributed by atoms with van der Waals surface area (Å²) in [7, 11) is -1.79. The number of rotatable bonds is 10. The molecule has 2 aliphatic heterocycles. The van der Waals surface area contributed by atoms with E-state index in [-0.39, 0.29) is 12.5 Å². The second-order valence-corrected chi connectivity index (χ2v) is 15.6. The quantitative estimate of drug-likeness (QED) is 0.221. The van der Waals surface area contributed by atoms with Crippen LogP contribution in [0.5, 0.6) is 0 Å². The van der Waals surface area contributed by atoms with E-state index in [1.54, 1.807) is 84.5 Å². The van der Waals surface area contributed by atoms with Gasteiger partial charge >= 0.3 is 0 Å². The lowest BCUT2D eigenvalue weighted by Gasteiger charge is -2.44. The predicted molar refractivity (Wildman–Crippen MR) is 189 cm³/mol. The van der Waals surface area contributed by atoms with Crippen LogP contribution in [0, 0.1) is 0 Å². The highest BCUT2D eigenvalue weighted by Crippen LogP contribution is 2.40. The summed E-state index contributed by atoms with van der Waals surface area (Å²) in [5.41, 5.74) is 1.82. The van der Waals surface area contributed by atoms with Crippen molar-refractivity contribution in [2.45, 2.75) is 48.7 Å². The number of benzene rings is 2. The van der Waals surface area contributed by atoms with Crippen LogP contribution in [0.25, 0.3) is 11.3 Å². The minimum absolute atomic E-state index is 0.0427. The molecule has 2 aromatic heterocycles. The molecule has 7 rings (SSSR count). The van der Waals surface area contributed by atoms with Gasteiger partial charge in [0.05, 0.1) is 29.4 Å². The molecule has 4 heterocycles. The first-order chi connectivity index (χ1) is 24.1. The van der Waals surface area contributed by atoms with Crippen LogP contribution in [0.2, 0.25) is 0 Å². The fraction of sp³-hybridized carbons (Fsp3) is 0.343. The number of aromatic nitrogens is 2. The molecular formula is C35H37N7O6S2. The summed E-state index contributed by atoms with van der Waals surface area (Å²) >= 11 is 1.23. The number of pyridine rings is 1. The van der Waals surface area contributed by atoms with Gasteiger partial charge in [-0.2, -0.15) is 4.72 Å². The third-order valence-electron chi connectivity index (χ3n) is 9.29. The summed E-state index contributed by atoms with van der Waals surface area (Å²) in [5.74, 6) is -1.28. The molecule has 260 valence electrons. The number of ether oxygens (including phenoxy) is 1. The fourth-order valence-corrected chi connectivity index (χ4v) is 8.57. The van der Waals surface area contributed by atoms with Gasteiger partial charge in [0.25, 0.3) is 11.8 Å². The number of likely N-dealkylation sites (tertiary alicyclic amines) is 1. The number of hydrogen-bond donors (Lipinski definition) is 3. The maximum absolute atomic E-state index is 14.6. The van der Waals surface area contributed by atoms with Crippen LogP contribution in [0.3, 0.4) is 0 Å². The van der Waals surface area contributed by atoms with Crippen molar-refractivity contribution in [3.05, 3.63) is 95.6 Å². The SMILES string of the molecule is CN1CCC2(CC1)OC[C@@H](C(=O)Nc1nc(-c3ccc(C(=O)Nc4cccnc4)cc3)cs1)N2C(=O)[C@H](NS(=O)(=O)C1CC1)c1ccccc1. The second-order valence-electron chi connectivity index (χ2n) is 12.8. The van der Waals surface area contributed by atoms with Gasteiger partial charge in [0, 0.05) is 48.6 Å². The zero-order chi connectivity index (χ0) is 34.9. The van der Waals surface area contributed by atoms with Crippen molar-refractivity contribution in [3.63, 3.8) is 0 Å². The maximum Gasteiger partial charge on any atom is 0.255 e. The van der Waals surface area contributed by atoms with Crippen LogP contribution in [0.1, 0.15) is 47.6 Å². The normalized spacial score (nSPS) is 19.6. The van der Waals surface area contributed by atoms with Crippen molar-refractivity contribution >= 4 is 49.9 Å². The van der Waals surface area contributed by atoms with Gasteiger partial charge in [-0.1, -0.05) is 42.5 Å². The van der Waals surface area contributed by atoms with E-state index in [4.69, 9.17) is 4.74 Å². The molecule has 3 N–H and O–H groups in total. The number of nitrogens with zero attached hydrogens (tertiary/aromatic N) is 4. The Morgan fingerprint density at radius 3 is 2.40 bits per heavy atom. The number of thiazole rings is 1. The van der Waals surface area contributed by atoms with Crippen LogP contribution < -0.4 is 15.4 Å². The van der Waals surface area contributed by atoms with Crippen LogP contribution in [0.4, 0.5) is 10.8 Å². The molecule has 13 nitrogen and oxygen atoms in total. The zero-order valence-electron chi connectivity index (χ0n) is 27.3. The van der Waals surface area contributed by atoms with Gasteiger partial charge in [-0.3, -0.25) is 24.3 Å². The smallest absolute Gasteiger partial charge is 0.255 e. The molecule has 50 heavy (non-hydrogen) atoms. The number of amides is 3. The number of carbonyl (C=O) groups excluding carboxylic acids is 3. The van der Waals surface area contributed by atoms with Gasteiger partial charge in [0.2, 0.25) is 15.9 Å². The monoisotopic (exact) mass is 715 g/mol. The van der Waals surface area contributed by atoms with E-state index in [1.807, 2.05) is 7.05 Å². The highest BCUT2D eigenvalue weighted by atomic mass is 32.2. The summed E-state index contributed by atoms with van der Waals surface area (Å²) in [5, 5.41) is 7.27. The van der Waals surface area contributed by atoms with Crippen LogP contribution in [-0.2, 0) is 24.3 Å². The Balaban J connectivity index is 1.10. The number of nitrogens with one attached hydrogen (secondary N) is 3. The number of carbonyl (C=O) groups is 3. The topological polar surface area (TPSA) is 163 Å². The van der Waals surface area contributed by atoms with Gasteiger partial charge in [0.15, 0.2) is 5.13 Å². The Labute approximate surface area is 294 Å². The zero-order valence-corrected chi connectivity index (χ0v) is 29.0. The average Bonchev–Trinajstić information content (AvgIpc) is 3.80. The first-order valence-electron chi connectivity index (χ1n) is 16.4. The Hall–Kier alpha value is -4.54. The molecule has 3 amide bonds. The molecule has 3 fully saturated rings. The predicted octanol–water partition coefficient (Wildman–Crippen LogP) is 3.87. The van der Waals surface area contributed by atoms with Gasteiger partial charge < -0.3 is 20.3 Å². The lowest BCUT2D eigenvalue weighted by atomic mass is 9.96. The van der Waals surface area contributed by atoms with Crippen molar-refractivity contribution < 1.29 is 27.5 Å². The molecule has 2 saturated heterocycles. The molecule has 1 spiro atoms. The Kier molecular flexibility index (Phi) is 9.50. The van der Waals surface area contributed by atoms with E-state index in [9.17, 15) is 22.8 Å². The van der Waals surface area contributed by atoms with Crippen molar-refractivity contribution in [1.29, 1.82) is 0 Å². The Bertz CT molecular complexity index is 1960. The molecule has 0 unspecified atom stereocenters. The molecule has 0 radical (unpaired) electrons. The number of anilines is 2. The van der Waals surface area contributed by atoms with E-state index in [2.05, 4.69) is 30.2 Å². The molecule has 0 bridgehead atoms. The molecule has 2 aromatic carbocycles. The number of piperidine rings is 1. The van der Waals surface area contributed by atoms with Crippen LogP contribution >= 0.6 is 11.3 Å². The van der Waals surface area contributed by atoms with E-state index >= 15 is 0 Å². The van der Waals surface area contributed by atoms with E-state index in [1.165, 1.54) is 16.2 Å². The van der Waals surface area contributed by atoms with Crippen molar-refractivity contribution in [1.82, 2.24) is 24.5 Å². The minimum Gasteiger partial charge on any atom is -0.353 e. The summed E-state index contributed by atoms with van der Waals surface area (Å²) in [6, 6.07) is 16.9. The van der Waals surface area contributed by atoms with Crippen LogP contribution in [-0.4, -0.2) is 89.7 Å². The van der Waals surface area contributed by atoms with Crippen molar-refractivity contribution in [3.8, 4) is 11.3 Å². The van der Waals surface area contributed by atoms with E-state index in [0.29, 0.717) is 66.4 Å². The third-order valence-corrected chi connectivity index (χ3v) is 12.0. The molecule has 1 aliphatic carbocycles. The van der Waals surface area contributed by atoms with Crippen molar-refractivity contribution in [2.24, 2.45) is 0 Å². The standard InChI is InChI=1S/C35H37N7O6S2/c1-41-18-15-35(16-19-41)42(33(45)30(24-6-3-2-4-7-24)40-50(46,47)27-13-14-27)29(21-48-35)32(44)39-34-38-28(22-49-34)23-9-11-25(12-10-23)31(43)37-26-8-5-17-36-20-26/h2-12,17,20,22,27,29-30,40H,13-16,18-19,21H2,1H3,(H,37,43)(H,38,39,44)/t29-,30+/m0/s1. The summed E-state index contributed by atoms with van der Waals surface area (Å²) in [6.07, 6.45) is 5.21. The largest absolute Gasteiger partial charge is 0.353 e. The summed E-state index contributed by atoms with van der Waals surface area (Å²) in [4.78, 5) is 53.5. The van der Waals surface area contributed by atoms with Crippen molar-refractivity contribution in [2.75, 3.05) is 37.4 Å². The van der Waals surface area contributed by atoms with Gasteiger partial charge in [-0.25, -0.2) is 13.4 Å². The fourth-order valence-electron chi connectivity index (χ4n) is 6.33. The first kappa shape index (κ1) is 33.9.